The first kappa shape index (κ1) is 16.5. The van der Waals surface area contributed by atoms with Gasteiger partial charge in [0, 0.05) is 5.41 Å². The summed E-state index contributed by atoms with van der Waals surface area (Å²) in [4.78, 5) is 0. The fraction of sp³-hybridized carbons (Fsp3) is 0.379. The predicted octanol–water partition coefficient (Wildman–Crippen LogP) is 7.00. The Hall–Kier alpha value is -2.34. The highest BCUT2D eigenvalue weighted by molar-refractivity contribution is 5.77. The summed E-state index contributed by atoms with van der Waals surface area (Å²) in [5.41, 5.74) is 9.40. The summed E-state index contributed by atoms with van der Waals surface area (Å²) in [6.07, 6.45) is 8.37. The molecule has 5 aliphatic rings. The van der Waals surface area contributed by atoms with E-state index >= 15 is 0 Å². The predicted molar refractivity (Wildman–Crippen MR) is 119 cm³/mol. The van der Waals surface area contributed by atoms with E-state index in [1.54, 1.807) is 11.1 Å². The van der Waals surface area contributed by atoms with Crippen LogP contribution < -0.4 is 0 Å². The Morgan fingerprint density at radius 3 is 1.97 bits per heavy atom. The van der Waals surface area contributed by atoms with Crippen molar-refractivity contribution in [1.82, 2.24) is 0 Å². The van der Waals surface area contributed by atoms with Gasteiger partial charge in [-0.05, 0) is 102 Å². The molecule has 0 aromatic heterocycles. The van der Waals surface area contributed by atoms with Gasteiger partial charge in [0.15, 0.2) is 0 Å². The van der Waals surface area contributed by atoms with Gasteiger partial charge < -0.3 is 0 Å². The topological polar surface area (TPSA) is 0 Å². The standard InChI is InChI=1S/C29H28/c1-2-7-23(8-3-1)29(25-13-19-12-20(15-25)16-26(29)14-19)24-11-10-22-17-21-6-4-5-9-27(21)28(22)18-24/h1-11,18-20,25-26H,12-17H2. The monoisotopic (exact) mass is 376 g/mol. The molecule has 0 radical (unpaired) electrons. The summed E-state index contributed by atoms with van der Waals surface area (Å²) in [6.45, 7) is 0. The van der Waals surface area contributed by atoms with E-state index in [0.29, 0.717) is 0 Å². The summed E-state index contributed by atoms with van der Waals surface area (Å²) < 4.78 is 0. The lowest BCUT2D eigenvalue weighted by atomic mass is 9.42. The van der Waals surface area contributed by atoms with E-state index < -0.39 is 0 Å². The van der Waals surface area contributed by atoms with E-state index in [0.717, 1.165) is 30.1 Å². The third-order valence-corrected chi connectivity index (χ3v) is 8.95. The van der Waals surface area contributed by atoms with Gasteiger partial charge in [0.25, 0.3) is 0 Å². The first-order chi connectivity index (χ1) is 14.3. The average Bonchev–Trinajstić information content (AvgIpc) is 3.12. The van der Waals surface area contributed by atoms with Crippen molar-refractivity contribution in [2.75, 3.05) is 0 Å². The lowest BCUT2D eigenvalue weighted by molar-refractivity contribution is -0.0418. The number of hydrogen-bond donors (Lipinski definition) is 0. The minimum atomic E-state index is 0.223. The van der Waals surface area contributed by atoms with Crippen molar-refractivity contribution in [2.45, 2.75) is 43.9 Å². The van der Waals surface area contributed by atoms with Crippen molar-refractivity contribution in [3.05, 3.63) is 95.1 Å². The van der Waals surface area contributed by atoms with Crippen molar-refractivity contribution < 1.29 is 0 Å². The van der Waals surface area contributed by atoms with Crippen molar-refractivity contribution in [1.29, 1.82) is 0 Å². The molecule has 4 bridgehead atoms. The van der Waals surface area contributed by atoms with Crippen LogP contribution in [0.2, 0.25) is 0 Å². The zero-order valence-electron chi connectivity index (χ0n) is 17.0. The summed E-state index contributed by atoms with van der Waals surface area (Å²) in [7, 11) is 0. The first-order valence-electron chi connectivity index (χ1n) is 11.6. The third-order valence-electron chi connectivity index (χ3n) is 8.95. The maximum atomic E-state index is 2.61. The van der Waals surface area contributed by atoms with E-state index in [-0.39, 0.29) is 5.41 Å². The van der Waals surface area contributed by atoms with Crippen LogP contribution in [0.3, 0.4) is 0 Å². The van der Waals surface area contributed by atoms with Crippen LogP contribution in [0.25, 0.3) is 11.1 Å². The zero-order chi connectivity index (χ0) is 19.0. The summed E-state index contributed by atoms with van der Waals surface area (Å²) in [6, 6.07) is 28.2. The fourth-order valence-corrected chi connectivity index (χ4v) is 8.13. The van der Waals surface area contributed by atoms with Gasteiger partial charge in [-0.1, -0.05) is 66.7 Å². The Labute approximate surface area is 174 Å². The van der Waals surface area contributed by atoms with E-state index in [1.807, 2.05) is 0 Å². The van der Waals surface area contributed by atoms with E-state index in [4.69, 9.17) is 0 Å². The molecule has 5 aliphatic carbocycles. The number of benzene rings is 3. The molecule has 0 nitrogen and oxygen atoms in total. The number of hydrogen-bond acceptors (Lipinski definition) is 0. The molecule has 144 valence electrons. The molecule has 3 aromatic carbocycles. The second-order valence-electron chi connectivity index (χ2n) is 10.2. The highest BCUT2D eigenvalue weighted by Crippen LogP contribution is 2.65. The summed E-state index contributed by atoms with van der Waals surface area (Å²) in [5, 5.41) is 0. The van der Waals surface area contributed by atoms with Crippen molar-refractivity contribution in [2.24, 2.45) is 23.7 Å². The number of rotatable bonds is 2. The van der Waals surface area contributed by atoms with Crippen LogP contribution in [0, 0.1) is 23.7 Å². The van der Waals surface area contributed by atoms with Crippen molar-refractivity contribution >= 4 is 0 Å². The molecule has 29 heavy (non-hydrogen) atoms. The second kappa shape index (κ2) is 5.85. The van der Waals surface area contributed by atoms with E-state index in [9.17, 15) is 0 Å². The molecule has 0 heterocycles. The lowest BCUT2D eigenvalue weighted by Crippen LogP contribution is -2.56. The smallest absolute Gasteiger partial charge is 0.0259 e. The largest absolute Gasteiger partial charge is 0.0622 e. The van der Waals surface area contributed by atoms with Gasteiger partial charge in [-0.3, -0.25) is 0 Å². The quantitative estimate of drug-likeness (QED) is 0.353. The van der Waals surface area contributed by atoms with Crippen molar-refractivity contribution in [3.8, 4) is 11.1 Å². The van der Waals surface area contributed by atoms with Gasteiger partial charge in [-0.15, -0.1) is 0 Å². The molecule has 8 rings (SSSR count). The molecule has 0 N–H and O–H groups in total. The Kier molecular flexibility index (Phi) is 3.32. The minimum Gasteiger partial charge on any atom is -0.0622 e. The fourth-order valence-electron chi connectivity index (χ4n) is 8.13. The maximum Gasteiger partial charge on any atom is 0.0259 e. The minimum absolute atomic E-state index is 0.223. The molecule has 0 amide bonds. The van der Waals surface area contributed by atoms with E-state index in [1.165, 1.54) is 54.4 Å². The molecule has 0 spiro atoms. The molecule has 3 aromatic rings. The third kappa shape index (κ3) is 2.15. The van der Waals surface area contributed by atoms with E-state index in [2.05, 4.69) is 72.8 Å². The molecule has 0 saturated heterocycles. The van der Waals surface area contributed by atoms with Gasteiger partial charge in [0.2, 0.25) is 0 Å². The van der Waals surface area contributed by atoms with Gasteiger partial charge in [0.1, 0.15) is 0 Å². The Morgan fingerprint density at radius 2 is 1.21 bits per heavy atom. The normalized spacial score (nSPS) is 33.5. The first-order valence-corrected chi connectivity index (χ1v) is 11.6. The van der Waals surface area contributed by atoms with Crippen LogP contribution in [0.5, 0.6) is 0 Å². The van der Waals surface area contributed by atoms with Gasteiger partial charge in [-0.25, -0.2) is 0 Å². The van der Waals surface area contributed by atoms with Gasteiger partial charge in [0.05, 0.1) is 0 Å². The Morgan fingerprint density at radius 1 is 0.552 bits per heavy atom. The van der Waals surface area contributed by atoms with Gasteiger partial charge >= 0.3 is 0 Å². The van der Waals surface area contributed by atoms with Crippen LogP contribution in [0.4, 0.5) is 0 Å². The van der Waals surface area contributed by atoms with Crippen LogP contribution in [0.1, 0.15) is 54.4 Å². The SMILES string of the molecule is c1ccc(C2(c3ccc4c(c3)-c3ccccc3C4)C3CC4CC(C3)CC2C4)cc1. The summed E-state index contributed by atoms with van der Waals surface area (Å²) >= 11 is 0. The van der Waals surface area contributed by atoms with Crippen LogP contribution in [0.15, 0.2) is 72.8 Å². The molecule has 4 saturated carbocycles. The highest BCUT2D eigenvalue weighted by atomic mass is 14.6. The zero-order valence-corrected chi connectivity index (χ0v) is 17.0. The van der Waals surface area contributed by atoms with Crippen LogP contribution in [-0.2, 0) is 11.8 Å². The second-order valence-corrected chi connectivity index (χ2v) is 10.2. The molecular formula is C29H28. The Bertz CT molecular complexity index is 1060. The molecule has 0 aliphatic heterocycles. The van der Waals surface area contributed by atoms with Crippen LogP contribution in [-0.4, -0.2) is 0 Å². The van der Waals surface area contributed by atoms with Crippen LogP contribution >= 0.6 is 0 Å². The number of fused-ring (bicyclic) bond motifs is 3. The molecule has 0 heteroatoms. The maximum absolute atomic E-state index is 2.61. The molecule has 4 fully saturated rings. The molecule has 0 unspecified atom stereocenters. The average molecular weight is 377 g/mol. The van der Waals surface area contributed by atoms with Gasteiger partial charge in [-0.2, -0.15) is 0 Å². The summed E-state index contributed by atoms with van der Waals surface area (Å²) in [5.74, 6) is 3.61. The highest BCUT2D eigenvalue weighted by Gasteiger charge is 2.58. The molecule has 0 atom stereocenters. The van der Waals surface area contributed by atoms with Crippen molar-refractivity contribution in [3.63, 3.8) is 0 Å². The lowest BCUT2D eigenvalue weighted by Gasteiger charge is -2.62. The Balaban J connectivity index is 1.46. The molecular weight excluding hydrogens is 348 g/mol.